The molecule has 1 aliphatic rings. The zero-order valence-electron chi connectivity index (χ0n) is 10.4. The van der Waals surface area contributed by atoms with Gasteiger partial charge >= 0.3 is 0 Å². The largest absolute Gasteiger partial charge is 0.454 e. The lowest BCUT2D eigenvalue weighted by molar-refractivity contribution is 0.174. The summed E-state index contributed by atoms with van der Waals surface area (Å²) in [6.07, 6.45) is 1.81. The Kier molecular flexibility index (Phi) is 4.22. The van der Waals surface area contributed by atoms with E-state index in [1.165, 1.54) is 0 Å². The van der Waals surface area contributed by atoms with E-state index in [2.05, 4.69) is 9.55 Å². The number of aryl methyl sites for hydroxylation is 1. The molecule has 2 heterocycles. The van der Waals surface area contributed by atoms with Crippen molar-refractivity contribution in [3.63, 3.8) is 0 Å². The van der Waals surface area contributed by atoms with E-state index in [1.807, 2.05) is 31.3 Å². The van der Waals surface area contributed by atoms with E-state index in [0.717, 1.165) is 35.1 Å². The fourth-order valence-corrected chi connectivity index (χ4v) is 2.27. The number of fused-ring (bicyclic) bond motifs is 1. The molecule has 0 N–H and O–H groups in total. The first-order chi connectivity index (χ1) is 8.78. The van der Waals surface area contributed by atoms with Crippen LogP contribution in [0.3, 0.4) is 0 Å². The predicted octanol–water partition coefficient (Wildman–Crippen LogP) is 3.13. The second kappa shape index (κ2) is 5.72. The molecule has 2 aromatic rings. The SMILES string of the molecule is Cc1ncc(CCl)n1Cc1ccc2c(c1)OCO2.Cl. The lowest BCUT2D eigenvalue weighted by atomic mass is 10.2. The first-order valence-electron chi connectivity index (χ1n) is 5.73. The van der Waals surface area contributed by atoms with Crippen LogP contribution >= 0.6 is 24.0 Å². The summed E-state index contributed by atoms with van der Waals surface area (Å²) in [7, 11) is 0. The molecule has 1 aromatic heterocycles. The molecule has 1 aliphatic heterocycles. The van der Waals surface area contributed by atoms with Crippen LogP contribution in [0.2, 0.25) is 0 Å². The van der Waals surface area contributed by atoms with Gasteiger partial charge in [0.1, 0.15) is 5.82 Å². The average Bonchev–Trinajstić information content (AvgIpc) is 2.97. The molecule has 0 radical (unpaired) electrons. The molecular weight excluding hydrogens is 287 g/mol. The molecule has 1 aromatic carbocycles. The predicted molar refractivity (Wildman–Crippen MR) is 75.4 cm³/mol. The van der Waals surface area contributed by atoms with Gasteiger partial charge < -0.3 is 14.0 Å². The van der Waals surface area contributed by atoms with Crippen molar-refractivity contribution in [3.8, 4) is 11.5 Å². The second-order valence-corrected chi connectivity index (χ2v) is 4.47. The Balaban J connectivity index is 0.00000133. The third kappa shape index (κ3) is 2.65. The number of hydrogen-bond acceptors (Lipinski definition) is 3. The van der Waals surface area contributed by atoms with Crippen molar-refractivity contribution in [2.75, 3.05) is 6.79 Å². The van der Waals surface area contributed by atoms with Crippen molar-refractivity contribution in [2.45, 2.75) is 19.3 Å². The van der Waals surface area contributed by atoms with Crippen LogP contribution in [0, 0.1) is 6.92 Å². The maximum Gasteiger partial charge on any atom is 0.231 e. The van der Waals surface area contributed by atoms with Gasteiger partial charge in [0.2, 0.25) is 6.79 Å². The highest BCUT2D eigenvalue weighted by atomic mass is 35.5. The molecule has 19 heavy (non-hydrogen) atoms. The molecule has 6 heteroatoms. The van der Waals surface area contributed by atoms with Gasteiger partial charge in [-0.1, -0.05) is 6.07 Å². The molecule has 0 bridgehead atoms. The van der Waals surface area contributed by atoms with Gasteiger partial charge in [-0.15, -0.1) is 24.0 Å². The van der Waals surface area contributed by atoms with Crippen LogP contribution in [0.1, 0.15) is 17.1 Å². The highest BCUT2D eigenvalue weighted by Gasteiger charge is 2.14. The minimum atomic E-state index is 0. The van der Waals surface area contributed by atoms with Gasteiger partial charge in [-0.25, -0.2) is 4.98 Å². The topological polar surface area (TPSA) is 36.3 Å². The number of rotatable bonds is 3. The van der Waals surface area contributed by atoms with Crippen molar-refractivity contribution in [3.05, 3.63) is 41.5 Å². The van der Waals surface area contributed by atoms with Gasteiger partial charge in [0.05, 0.1) is 11.6 Å². The number of alkyl halides is 1. The third-order valence-electron chi connectivity index (χ3n) is 3.05. The molecular formula is C13H14Cl2N2O2. The molecule has 3 rings (SSSR count). The number of halogens is 2. The van der Waals surface area contributed by atoms with Gasteiger partial charge in [0, 0.05) is 12.7 Å². The highest BCUT2D eigenvalue weighted by molar-refractivity contribution is 6.16. The molecule has 0 saturated carbocycles. The fourth-order valence-electron chi connectivity index (χ4n) is 2.06. The van der Waals surface area contributed by atoms with E-state index < -0.39 is 0 Å². The van der Waals surface area contributed by atoms with E-state index in [9.17, 15) is 0 Å². The third-order valence-corrected chi connectivity index (χ3v) is 3.33. The Hall–Kier alpha value is -1.39. The van der Waals surface area contributed by atoms with Crippen LogP contribution in [0.5, 0.6) is 11.5 Å². The highest BCUT2D eigenvalue weighted by Crippen LogP contribution is 2.32. The van der Waals surface area contributed by atoms with Crippen LogP contribution in [-0.2, 0) is 12.4 Å². The second-order valence-electron chi connectivity index (χ2n) is 4.20. The summed E-state index contributed by atoms with van der Waals surface area (Å²) in [6, 6.07) is 5.97. The molecule has 0 spiro atoms. The van der Waals surface area contributed by atoms with Crippen molar-refractivity contribution in [2.24, 2.45) is 0 Å². The molecule has 0 atom stereocenters. The summed E-state index contributed by atoms with van der Waals surface area (Å²) < 4.78 is 12.8. The number of ether oxygens (including phenoxy) is 2. The normalized spacial score (nSPS) is 12.3. The molecule has 0 unspecified atom stereocenters. The van der Waals surface area contributed by atoms with E-state index in [0.29, 0.717) is 12.7 Å². The summed E-state index contributed by atoms with van der Waals surface area (Å²) >= 11 is 5.90. The zero-order valence-corrected chi connectivity index (χ0v) is 12.0. The quantitative estimate of drug-likeness (QED) is 0.817. The number of aromatic nitrogens is 2. The van der Waals surface area contributed by atoms with E-state index in [-0.39, 0.29) is 12.4 Å². The number of nitrogens with zero attached hydrogens (tertiary/aromatic N) is 2. The molecule has 0 fully saturated rings. The molecule has 0 amide bonds. The van der Waals surface area contributed by atoms with Gasteiger partial charge in [0.15, 0.2) is 11.5 Å². The maximum absolute atomic E-state index is 5.90. The molecule has 102 valence electrons. The van der Waals surface area contributed by atoms with Crippen LogP contribution in [0.4, 0.5) is 0 Å². The minimum absolute atomic E-state index is 0. The smallest absolute Gasteiger partial charge is 0.231 e. The van der Waals surface area contributed by atoms with Crippen LogP contribution < -0.4 is 9.47 Å². The van der Waals surface area contributed by atoms with Crippen LogP contribution in [0.15, 0.2) is 24.4 Å². The molecule has 0 aliphatic carbocycles. The van der Waals surface area contributed by atoms with Crippen molar-refractivity contribution in [1.82, 2.24) is 9.55 Å². The molecule has 4 nitrogen and oxygen atoms in total. The van der Waals surface area contributed by atoms with Gasteiger partial charge in [0.25, 0.3) is 0 Å². The summed E-state index contributed by atoms with van der Waals surface area (Å²) in [6.45, 7) is 3.02. The summed E-state index contributed by atoms with van der Waals surface area (Å²) in [5, 5.41) is 0. The lowest BCUT2D eigenvalue weighted by Crippen LogP contribution is -2.05. The number of hydrogen-bond donors (Lipinski definition) is 0. The Labute approximate surface area is 122 Å². The Morgan fingerprint density at radius 1 is 1.32 bits per heavy atom. The Morgan fingerprint density at radius 3 is 2.89 bits per heavy atom. The number of benzene rings is 1. The van der Waals surface area contributed by atoms with E-state index in [4.69, 9.17) is 21.1 Å². The lowest BCUT2D eigenvalue weighted by Gasteiger charge is -2.09. The Morgan fingerprint density at radius 2 is 2.11 bits per heavy atom. The van der Waals surface area contributed by atoms with Gasteiger partial charge in [-0.05, 0) is 24.6 Å². The van der Waals surface area contributed by atoms with E-state index >= 15 is 0 Å². The summed E-state index contributed by atoms with van der Waals surface area (Å²) in [5.41, 5.74) is 2.17. The van der Waals surface area contributed by atoms with Crippen molar-refractivity contribution >= 4 is 24.0 Å². The van der Waals surface area contributed by atoms with Gasteiger partial charge in [-0.3, -0.25) is 0 Å². The van der Waals surface area contributed by atoms with E-state index in [1.54, 1.807) is 0 Å². The minimum Gasteiger partial charge on any atom is -0.454 e. The van der Waals surface area contributed by atoms with Crippen LogP contribution in [-0.4, -0.2) is 16.3 Å². The first kappa shape index (κ1) is 14.0. The maximum atomic E-state index is 5.90. The Bertz CT molecular complexity index is 584. The average molecular weight is 301 g/mol. The summed E-state index contributed by atoms with van der Waals surface area (Å²) in [4.78, 5) is 4.28. The van der Waals surface area contributed by atoms with Crippen molar-refractivity contribution in [1.29, 1.82) is 0 Å². The first-order valence-corrected chi connectivity index (χ1v) is 6.27. The van der Waals surface area contributed by atoms with Crippen LogP contribution in [0.25, 0.3) is 0 Å². The standard InChI is InChI=1S/C13H13ClN2O2.ClH/c1-9-15-6-11(5-14)16(9)7-10-2-3-12-13(4-10)18-8-17-12;/h2-4,6H,5,7-8H2,1H3;1H. The molecule has 0 saturated heterocycles. The monoisotopic (exact) mass is 300 g/mol. The number of imidazole rings is 1. The summed E-state index contributed by atoms with van der Waals surface area (Å²) in [5.74, 6) is 3.03. The fraction of sp³-hybridized carbons (Fsp3) is 0.308. The zero-order chi connectivity index (χ0) is 12.5. The van der Waals surface area contributed by atoms with Crippen molar-refractivity contribution < 1.29 is 9.47 Å². The van der Waals surface area contributed by atoms with Gasteiger partial charge in [-0.2, -0.15) is 0 Å².